The maximum atomic E-state index is 12.5. The molecular weight excluding hydrogens is 264 g/mol. The van der Waals surface area contributed by atoms with Gasteiger partial charge in [0.25, 0.3) is 0 Å². The monoisotopic (exact) mass is 292 g/mol. The van der Waals surface area contributed by atoms with Gasteiger partial charge in [0.15, 0.2) is 0 Å². The van der Waals surface area contributed by atoms with Crippen LogP contribution in [0.1, 0.15) is 26.2 Å². The van der Waals surface area contributed by atoms with Crippen LogP contribution in [0.25, 0.3) is 0 Å². The van der Waals surface area contributed by atoms with Gasteiger partial charge in [-0.05, 0) is 26.2 Å². The maximum Gasteiger partial charge on any atom is 0.240 e. The van der Waals surface area contributed by atoms with Crippen LogP contribution in [0.5, 0.6) is 0 Å². The molecule has 0 unspecified atom stereocenters. The van der Waals surface area contributed by atoms with Gasteiger partial charge in [0.2, 0.25) is 5.91 Å². The lowest BCUT2D eigenvalue weighted by atomic mass is 10.1. The average molecular weight is 292 g/mol. The van der Waals surface area contributed by atoms with E-state index in [9.17, 15) is 4.79 Å². The molecule has 0 spiro atoms. The molecule has 3 aliphatic rings. The first kappa shape index (κ1) is 15.0. The molecule has 2 aliphatic heterocycles. The van der Waals surface area contributed by atoms with E-state index in [0.29, 0.717) is 12.6 Å². The molecule has 3 rings (SSSR count). The molecule has 0 bridgehead atoms. The lowest BCUT2D eigenvalue weighted by Gasteiger charge is -2.46. The molecule has 2 saturated heterocycles. The van der Waals surface area contributed by atoms with Crippen LogP contribution in [0.3, 0.4) is 0 Å². The Labute approximate surface area is 127 Å². The molecule has 0 saturated carbocycles. The number of rotatable bonds is 5. The highest BCUT2D eigenvalue weighted by molar-refractivity contribution is 5.80. The third-order valence-electron chi connectivity index (χ3n) is 4.95. The number of piperazine rings is 1. The molecule has 1 N–H and O–H groups in total. The fourth-order valence-electron chi connectivity index (χ4n) is 3.67. The predicted octanol–water partition coefficient (Wildman–Crippen LogP) is 0.492. The molecule has 5 heteroatoms. The van der Waals surface area contributed by atoms with Crippen molar-refractivity contribution in [3.63, 3.8) is 0 Å². The average Bonchev–Trinajstić information content (AvgIpc) is 2.98. The zero-order chi connectivity index (χ0) is 14.7. The van der Waals surface area contributed by atoms with Gasteiger partial charge in [-0.1, -0.05) is 6.08 Å². The molecule has 2 fully saturated rings. The summed E-state index contributed by atoms with van der Waals surface area (Å²) >= 11 is 0. The van der Waals surface area contributed by atoms with Gasteiger partial charge in [-0.15, -0.1) is 0 Å². The number of hydrogen-bond donors (Lipinski definition) is 1. The number of likely N-dealkylation sites (N-methyl/N-ethyl adjacent to an activating group) is 1. The summed E-state index contributed by atoms with van der Waals surface area (Å²) in [6, 6.07) is 0.667. The minimum Gasteiger partial charge on any atom is -0.316 e. The quantitative estimate of drug-likeness (QED) is 0.800. The fraction of sp³-hybridized carbons (Fsp3) is 0.812. The summed E-state index contributed by atoms with van der Waals surface area (Å²) in [6.07, 6.45) is 5.64. The lowest BCUT2D eigenvalue weighted by molar-refractivity contribution is -0.132. The minimum absolute atomic E-state index is 0.282. The molecule has 2 heterocycles. The van der Waals surface area contributed by atoms with Gasteiger partial charge in [0.05, 0.1) is 6.54 Å². The van der Waals surface area contributed by atoms with E-state index in [-0.39, 0.29) is 5.91 Å². The van der Waals surface area contributed by atoms with Crippen LogP contribution in [0.4, 0.5) is 0 Å². The number of carbonyl (C=O) groups excluding carboxylic acids is 1. The Bertz CT molecular complexity index is 397. The molecule has 0 atom stereocenters. The van der Waals surface area contributed by atoms with Crippen molar-refractivity contribution in [1.29, 1.82) is 0 Å². The molecule has 118 valence electrons. The second-order valence-electron chi connectivity index (χ2n) is 6.36. The molecule has 1 amide bonds. The van der Waals surface area contributed by atoms with E-state index in [4.69, 9.17) is 0 Å². The van der Waals surface area contributed by atoms with Crippen molar-refractivity contribution < 1.29 is 4.79 Å². The van der Waals surface area contributed by atoms with E-state index >= 15 is 0 Å². The number of nitrogens with zero attached hydrogens (tertiary/aromatic N) is 3. The van der Waals surface area contributed by atoms with E-state index in [1.807, 2.05) is 4.90 Å². The minimum atomic E-state index is 0.282. The van der Waals surface area contributed by atoms with Crippen LogP contribution in [0, 0.1) is 0 Å². The first-order valence-corrected chi connectivity index (χ1v) is 8.44. The largest absolute Gasteiger partial charge is 0.316 e. The summed E-state index contributed by atoms with van der Waals surface area (Å²) in [4.78, 5) is 19.3. The van der Waals surface area contributed by atoms with Crippen LogP contribution in [0.2, 0.25) is 0 Å². The van der Waals surface area contributed by atoms with Gasteiger partial charge >= 0.3 is 0 Å². The van der Waals surface area contributed by atoms with E-state index in [2.05, 4.69) is 28.1 Å². The smallest absolute Gasteiger partial charge is 0.240 e. The van der Waals surface area contributed by atoms with Gasteiger partial charge in [-0.25, -0.2) is 0 Å². The molecule has 21 heavy (non-hydrogen) atoms. The second kappa shape index (κ2) is 6.90. The maximum absolute atomic E-state index is 12.5. The summed E-state index contributed by atoms with van der Waals surface area (Å²) in [7, 11) is 0. The van der Waals surface area contributed by atoms with Crippen LogP contribution in [0.15, 0.2) is 11.8 Å². The second-order valence-corrected chi connectivity index (χ2v) is 6.36. The van der Waals surface area contributed by atoms with Crippen molar-refractivity contribution >= 4 is 5.91 Å². The van der Waals surface area contributed by atoms with E-state index < -0.39 is 0 Å². The third kappa shape index (κ3) is 3.47. The number of likely N-dealkylation sites (tertiary alicyclic amines) is 1. The van der Waals surface area contributed by atoms with Gasteiger partial charge in [-0.3, -0.25) is 14.6 Å². The van der Waals surface area contributed by atoms with Crippen molar-refractivity contribution in [2.24, 2.45) is 0 Å². The molecule has 1 aliphatic carbocycles. The van der Waals surface area contributed by atoms with E-state index in [1.165, 1.54) is 12.1 Å². The summed E-state index contributed by atoms with van der Waals surface area (Å²) in [6.45, 7) is 10.1. The number of amides is 1. The molecule has 0 radical (unpaired) electrons. The number of hydrogen-bond acceptors (Lipinski definition) is 4. The van der Waals surface area contributed by atoms with Crippen molar-refractivity contribution in [3.05, 3.63) is 11.8 Å². The van der Waals surface area contributed by atoms with Gasteiger partial charge in [0, 0.05) is 57.6 Å². The molecular formula is C16H28N4O. The van der Waals surface area contributed by atoms with Crippen LogP contribution in [-0.2, 0) is 4.79 Å². The van der Waals surface area contributed by atoms with E-state index in [1.54, 1.807) is 0 Å². The molecule has 0 aromatic heterocycles. The zero-order valence-corrected chi connectivity index (χ0v) is 13.2. The van der Waals surface area contributed by atoms with Crippen molar-refractivity contribution in [3.8, 4) is 0 Å². The summed E-state index contributed by atoms with van der Waals surface area (Å²) in [5.74, 6) is 0.282. The van der Waals surface area contributed by atoms with Gasteiger partial charge in [0.1, 0.15) is 0 Å². The SMILES string of the molecule is CCN(C(=O)CN1CC(N2CCNCC2)C1)C1=CCCC1. The Kier molecular flexibility index (Phi) is 4.93. The highest BCUT2D eigenvalue weighted by Gasteiger charge is 2.34. The standard InChI is InChI=1S/C16H28N4O/c1-2-20(14-5-3-4-6-14)16(21)13-18-11-15(12-18)19-9-7-17-8-10-19/h5,15,17H,2-4,6-13H2,1H3. The van der Waals surface area contributed by atoms with Crippen molar-refractivity contribution in [2.45, 2.75) is 32.2 Å². The Hall–Kier alpha value is -0.910. The highest BCUT2D eigenvalue weighted by atomic mass is 16.2. The number of allylic oxidation sites excluding steroid dienone is 2. The van der Waals surface area contributed by atoms with Crippen LogP contribution < -0.4 is 5.32 Å². The van der Waals surface area contributed by atoms with E-state index in [0.717, 1.165) is 58.7 Å². The predicted molar refractivity (Wildman–Crippen MR) is 84.0 cm³/mol. The topological polar surface area (TPSA) is 38.8 Å². The first-order valence-electron chi connectivity index (χ1n) is 8.44. The molecule has 5 nitrogen and oxygen atoms in total. The third-order valence-corrected chi connectivity index (χ3v) is 4.95. The van der Waals surface area contributed by atoms with Crippen LogP contribution in [-0.4, -0.2) is 79.0 Å². The summed E-state index contributed by atoms with van der Waals surface area (Å²) in [5.41, 5.74) is 1.25. The lowest BCUT2D eigenvalue weighted by Crippen LogP contribution is -2.63. The summed E-state index contributed by atoms with van der Waals surface area (Å²) < 4.78 is 0. The highest BCUT2D eigenvalue weighted by Crippen LogP contribution is 2.22. The zero-order valence-electron chi connectivity index (χ0n) is 13.2. The number of nitrogens with one attached hydrogen (secondary N) is 1. The van der Waals surface area contributed by atoms with Gasteiger partial charge < -0.3 is 10.2 Å². The molecule has 0 aromatic carbocycles. The Morgan fingerprint density at radius 3 is 2.76 bits per heavy atom. The van der Waals surface area contributed by atoms with Gasteiger partial charge in [-0.2, -0.15) is 0 Å². The summed E-state index contributed by atoms with van der Waals surface area (Å²) in [5, 5.41) is 3.39. The Balaban J connectivity index is 1.43. The first-order chi connectivity index (χ1) is 10.3. The molecule has 0 aromatic rings. The van der Waals surface area contributed by atoms with Crippen molar-refractivity contribution in [1.82, 2.24) is 20.0 Å². The Morgan fingerprint density at radius 1 is 1.38 bits per heavy atom. The normalized spacial score (nSPS) is 24.7. The van der Waals surface area contributed by atoms with Crippen molar-refractivity contribution in [2.75, 3.05) is 52.4 Å². The fourth-order valence-corrected chi connectivity index (χ4v) is 3.67. The van der Waals surface area contributed by atoms with Crippen LogP contribution >= 0.6 is 0 Å². The number of carbonyl (C=O) groups is 1. The Morgan fingerprint density at radius 2 is 2.14 bits per heavy atom.